The van der Waals surface area contributed by atoms with Crippen molar-refractivity contribution in [2.45, 2.75) is 45.3 Å². The van der Waals surface area contributed by atoms with Crippen molar-refractivity contribution in [3.63, 3.8) is 0 Å². The molecule has 2 aromatic rings. The first-order valence-corrected chi connectivity index (χ1v) is 10.1. The number of hydrogen-bond acceptors (Lipinski definition) is 6. The van der Waals surface area contributed by atoms with Crippen molar-refractivity contribution in [3.05, 3.63) is 39.3 Å². The van der Waals surface area contributed by atoms with E-state index in [1.165, 1.54) is 16.9 Å². The number of aliphatic hydroxyl groups excluding tert-OH is 1. The first kappa shape index (κ1) is 19.2. The Hall–Kier alpha value is -1.54. The van der Waals surface area contributed by atoms with Gasteiger partial charge in [0, 0.05) is 24.6 Å². The second kappa shape index (κ2) is 8.90. The highest BCUT2D eigenvalue weighted by Crippen LogP contribution is 2.33. The van der Waals surface area contributed by atoms with Crippen molar-refractivity contribution >= 4 is 21.6 Å². The summed E-state index contributed by atoms with van der Waals surface area (Å²) in [5.41, 5.74) is 1.16. The first-order valence-electron chi connectivity index (χ1n) is 9.24. The van der Waals surface area contributed by atoms with E-state index in [-0.39, 0.29) is 5.56 Å². The summed E-state index contributed by atoms with van der Waals surface area (Å²) in [6, 6.07) is 0. The van der Waals surface area contributed by atoms with E-state index in [0.717, 1.165) is 29.5 Å². The van der Waals surface area contributed by atoms with Gasteiger partial charge < -0.3 is 14.8 Å². The van der Waals surface area contributed by atoms with E-state index in [0.29, 0.717) is 38.7 Å². The lowest BCUT2D eigenvalue weighted by atomic mass is 9.97. The fourth-order valence-corrected chi connectivity index (χ4v) is 4.77. The third-order valence-corrected chi connectivity index (χ3v) is 5.80. The van der Waals surface area contributed by atoms with Crippen LogP contribution < -0.4 is 5.56 Å². The number of nitrogens with one attached hydrogen (secondary N) is 1. The molecule has 3 rings (SSSR count). The summed E-state index contributed by atoms with van der Waals surface area (Å²) in [6.07, 6.45) is 5.57. The van der Waals surface area contributed by atoms with Crippen molar-refractivity contribution in [2.75, 3.05) is 26.3 Å². The summed E-state index contributed by atoms with van der Waals surface area (Å²) in [6.45, 7) is 8.06. The van der Waals surface area contributed by atoms with Gasteiger partial charge >= 0.3 is 0 Å². The topological polar surface area (TPSA) is 78.5 Å². The molecule has 142 valence electrons. The summed E-state index contributed by atoms with van der Waals surface area (Å²) in [5, 5.41) is 10.9. The zero-order valence-corrected chi connectivity index (χ0v) is 16.1. The van der Waals surface area contributed by atoms with Crippen LogP contribution in [0.25, 0.3) is 10.2 Å². The minimum Gasteiger partial charge on any atom is -0.389 e. The standard InChI is InChI=1S/C19H27N3O3S/c1-3-9-22(10-13(23)12-25-4-2)11-16-20-18(24)17-14-7-5-6-8-15(14)26-19(17)21-16/h3,13,23H,1,4-12H2,2H3,(H,20,21,24)/t13-/m1/s1. The van der Waals surface area contributed by atoms with Gasteiger partial charge in [-0.15, -0.1) is 17.9 Å². The van der Waals surface area contributed by atoms with Crippen molar-refractivity contribution in [1.29, 1.82) is 0 Å². The highest BCUT2D eigenvalue weighted by atomic mass is 32.1. The molecule has 0 unspecified atom stereocenters. The first-order chi connectivity index (χ1) is 12.6. The highest BCUT2D eigenvalue weighted by molar-refractivity contribution is 7.18. The maximum Gasteiger partial charge on any atom is 0.259 e. The monoisotopic (exact) mass is 377 g/mol. The quantitative estimate of drug-likeness (QED) is 0.656. The number of H-pyrrole nitrogens is 1. The van der Waals surface area contributed by atoms with Gasteiger partial charge in [-0.3, -0.25) is 9.69 Å². The Labute approximate surface area is 157 Å². The van der Waals surface area contributed by atoms with Crippen molar-refractivity contribution in [1.82, 2.24) is 14.9 Å². The van der Waals surface area contributed by atoms with Crippen LogP contribution in [0.4, 0.5) is 0 Å². The molecule has 1 aliphatic carbocycles. The molecule has 0 spiro atoms. The average molecular weight is 378 g/mol. The fourth-order valence-electron chi connectivity index (χ4n) is 3.49. The summed E-state index contributed by atoms with van der Waals surface area (Å²) >= 11 is 1.65. The van der Waals surface area contributed by atoms with E-state index in [4.69, 9.17) is 9.72 Å². The maximum absolute atomic E-state index is 12.6. The van der Waals surface area contributed by atoms with Crippen LogP contribution in [-0.2, 0) is 24.1 Å². The van der Waals surface area contributed by atoms with Crippen molar-refractivity contribution < 1.29 is 9.84 Å². The summed E-state index contributed by atoms with van der Waals surface area (Å²) in [5.74, 6) is 0.631. The van der Waals surface area contributed by atoms with E-state index in [2.05, 4.69) is 11.6 Å². The Balaban J connectivity index is 1.80. The van der Waals surface area contributed by atoms with Crippen LogP contribution in [0.2, 0.25) is 0 Å². The van der Waals surface area contributed by atoms with Gasteiger partial charge in [0.1, 0.15) is 10.7 Å². The molecule has 2 heterocycles. The van der Waals surface area contributed by atoms with Crippen molar-refractivity contribution in [2.24, 2.45) is 0 Å². The normalized spacial score (nSPS) is 15.3. The molecule has 0 saturated carbocycles. The molecule has 7 heteroatoms. The molecule has 0 radical (unpaired) electrons. The maximum atomic E-state index is 12.6. The lowest BCUT2D eigenvalue weighted by Gasteiger charge is -2.23. The number of nitrogens with zero attached hydrogens (tertiary/aromatic N) is 2. The number of aromatic amines is 1. The van der Waals surface area contributed by atoms with Gasteiger partial charge in [0.05, 0.1) is 24.6 Å². The molecule has 2 N–H and O–H groups in total. The predicted octanol–water partition coefficient (Wildman–Crippen LogP) is 2.25. The van der Waals surface area contributed by atoms with Crippen LogP contribution in [-0.4, -0.2) is 52.4 Å². The zero-order chi connectivity index (χ0) is 18.5. The minimum absolute atomic E-state index is 0.0437. The number of aryl methyl sites for hydroxylation is 2. The molecule has 0 saturated heterocycles. The van der Waals surface area contributed by atoms with Crippen LogP contribution in [0, 0.1) is 0 Å². The SMILES string of the molecule is C=CCN(Cc1nc2sc3c(c2c(=O)[nH]1)CCCC3)C[C@@H](O)COCC. The zero-order valence-electron chi connectivity index (χ0n) is 15.3. The Morgan fingerprint density at radius 2 is 2.27 bits per heavy atom. The smallest absolute Gasteiger partial charge is 0.259 e. The molecular formula is C19H27N3O3S. The van der Waals surface area contributed by atoms with Gasteiger partial charge in [-0.05, 0) is 38.2 Å². The van der Waals surface area contributed by atoms with Gasteiger partial charge in [-0.1, -0.05) is 6.08 Å². The Morgan fingerprint density at radius 1 is 1.46 bits per heavy atom. The molecule has 6 nitrogen and oxygen atoms in total. The number of aliphatic hydroxyl groups is 1. The van der Waals surface area contributed by atoms with Gasteiger partial charge in [-0.25, -0.2) is 4.98 Å². The molecular weight excluding hydrogens is 350 g/mol. The number of fused-ring (bicyclic) bond motifs is 3. The number of thiophene rings is 1. The van der Waals surface area contributed by atoms with Crippen LogP contribution in [0.3, 0.4) is 0 Å². The number of rotatable bonds is 9. The van der Waals surface area contributed by atoms with Crippen LogP contribution in [0.1, 0.15) is 36.0 Å². The van der Waals surface area contributed by atoms with E-state index < -0.39 is 6.10 Å². The lowest BCUT2D eigenvalue weighted by molar-refractivity contribution is 0.0214. The molecule has 0 amide bonds. The average Bonchev–Trinajstić information content (AvgIpc) is 2.98. The molecule has 0 aliphatic heterocycles. The molecule has 26 heavy (non-hydrogen) atoms. The number of aromatic nitrogens is 2. The molecule has 0 aromatic carbocycles. The second-order valence-electron chi connectivity index (χ2n) is 6.70. The Morgan fingerprint density at radius 3 is 3.04 bits per heavy atom. The van der Waals surface area contributed by atoms with Crippen LogP contribution >= 0.6 is 11.3 Å². The van der Waals surface area contributed by atoms with Gasteiger partial charge in [0.25, 0.3) is 5.56 Å². The van der Waals surface area contributed by atoms with Gasteiger partial charge in [0.15, 0.2) is 0 Å². The van der Waals surface area contributed by atoms with Gasteiger partial charge in [-0.2, -0.15) is 0 Å². The minimum atomic E-state index is -0.584. The summed E-state index contributed by atoms with van der Waals surface area (Å²) < 4.78 is 5.27. The van der Waals surface area contributed by atoms with E-state index in [9.17, 15) is 9.90 Å². The molecule has 2 aromatic heterocycles. The van der Waals surface area contributed by atoms with Crippen LogP contribution in [0.5, 0.6) is 0 Å². The largest absolute Gasteiger partial charge is 0.389 e. The van der Waals surface area contributed by atoms with E-state index in [1.54, 1.807) is 17.4 Å². The van der Waals surface area contributed by atoms with Gasteiger partial charge in [0.2, 0.25) is 0 Å². The Kier molecular flexibility index (Phi) is 6.58. The highest BCUT2D eigenvalue weighted by Gasteiger charge is 2.20. The number of hydrogen-bond donors (Lipinski definition) is 2. The van der Waals surface area contributed by atoms with Crippen molar-refractivity contribution in [3.8, 4) is 0 Å². The lowest BCUT2D eigenvalue weighted by Crippen LogP contribution is -2.35. The third-order valence-electron chi connectivity index (χ3n) is 4.62. The molecule has 1 atom stereocenters. The molecule has 1 aliphatic rings. The van der Waals surface area contributed by atoms with Crippen LogP contribution in [0.15, 0.2) is 17.4 Å². The molecule has 0 fully saturated rings. The van der Waals surface area contributed by atoms with E-state index >= 15 is 0 Å². The fraction of sp³-hybridized carbons (Fsp3) is 0.579. The third kappa shape index (κ3) is 4.40. The number of ether oxygens (including phenoxy) is 1. The summed E-state index contributed by atoms with van der Waals surface area (Å²) in [4.78, 5) is 24.4. The molecule has 0 bridgehead atoms. The Bertz CT molecular complexity index is 814. The second-order valence-corrected chi connectivity index (χ2v) is 7.78. The predicted molar refractivity (Wildman–Crippen MR) is 105 cm³/mol. The summed E-state index contributed by atoms with van der Waals surface area (Å²) in [7, 11) is 0. The van der Waals surface area contributed by atoms with E-state index in [1.807, 2.05) is 11.8 Å².